The summed E-state index contributed by atoms with van der Waals surface area (Å²) in [5, 5.41) is 9.72. The average molecular weight is 361 g/mol. The smallest absolute Gasteiger partial charge is 0.240 e. The van der Waals surface area contributed by atoms with Crippen LogP contribution in [0, 0.1) is 11.8 Å². The van der Waals surface area contributed by atoms with Gasteiger partial charge in [0.1, 0.15) is 17.2 Å². The first-order valence-electron chi connectivity index (χ1n) is 6.31. The molecule has 0 spiro atoms. The van der Waals surface area contributed by atoms with Gasteiger partial charge in [-0.1, -0.05) is 21.9 Å². The van der Waals surface area contributed by atoms with Gasteiger partial charge in [0.05, 0.1) is 19.8 Å². The van der Waals surface area contributed by atoms with Crippen molar-refractivity contribution in [3.63, 3.8) is 0 Å². The van der Waals surface area contributed by atoms with Crippen molar-refractivity contribution >= 4 is 21.7 Å². The lowest BCUT2D eigenvalue weighted by Crippen LogP contribution is -1.96. The Morgan fingerprint density at radius 3 is 2.32 bits per heavy atom. The molecule has 2 rings (SSSR count). The van der Waals surface area contributed by atoms with Gasteiger partial charge in [0.2, 0.25) is 5.78 Å². The lowest BCUT2D eigenvalue weighted by atomic mass is 10.1. The maximum Gasteiger partial charge on any atom is 0.240 e. The van der Waals surface area contributed by atoms with Crippen molar-refractivity contribution in [1.82, 2.24) is 0 Å². The molecule has 0 fully saturated rings. The summed E-state index contributed by atoms with van der Waals surface area (Å²) in [5.74, 6) is 5.85. The molecule has 2 aromatic rings. The number of hydrogen-bond acceptors (Lipinski definition) is 4. The molecule has 1 N–H and O–H groups in total. The Balaban J connectivity index is 2.33. The van der Waals surface area contributed by atoms with Crippen LogP contribution in [0.5, 0.6) is 17.2 Å². The van der Waals surface area contributed by atoms with E-state index in [0.29, 0.717) is 21.5 Å². The van der Waals surface area contributed by atoms with Crippen molar-refractivity contribution in [2.24, 2.45) is 0 Å². The third-order valence-electron chi connectivity index (χ3n) is 2.88. The summed E-state index contributed by atoms with van der Waals surface area (Å²) in [7, 11) is 3.08. The molecule has 0 aromatic heterocycles. The van der Waals surface area contributed by atoms with E-state index in [-0.39, 0.29) is 11.3 Å². The van der Waals surface area contributed by atoms with Gasteiger partial charge in [-0.15, -0.1) is 0 Å². The molecule has 0 aliphatic rings. The Kier molecular flexibility index (Phi) is 5.08. The molecule has 4 nitrogen and oxygen atoms in total. The van der Waals surface area contributed by atoms with Crippen molar-refractivity contribution < 1.29 is 19.4 Å². The van der Waals surface area contributed by atoms with Gasteiger partial charge in [0.15, 0.2) is 0 Å². The second-order valence-electron chi connectivity index (χ2n) is 4.34. The maximum absolute atomic E-state index is 12.1. The highest BCUT2D eigenvalue weighted by molar-refractivity contribution is 9.10. The zero-order chi connectivity index (χ0) is 16.1. The first-order chi connectivity index (χ1) is 10.5. The van der Waals surface area contributed by atoms with E-state index in [0.717, 1.165) is 0 Å². The van der Waals surface area contributed by atoms with Gasteiger partial charge in [-0.2, -0.15) is 0 Å². The van der Waals surface area contributed by atoms with E-state index in [1.807, 2.05) is 0 Å². The van der Waals surface area contributed by atoms with E-state index < -0.39 is 5.78 Å². The standard InChI is InChI=1S/C17H13BrO4/c1-21-13-7-11(8-14(10-13)22-2)3-5-16(19)15-9-12(18)4-6-17(15)20/h4,6-10,20H,1-2H3. The predicted octanol–water partition coefficient (Wildman–Crippen LogP) is 3.41. The molecule has 5 heteroatoms. The van der Waals surface area contributed by atoms with E-state index in [2.05, 4.69) is 27.8 Å². The number of ketones is 1. The lowest BCUT2D eigenvalue weighted by molar-refractivity contribution is 0.105. The quantitative estimate of drug-likeness (QED) is 0.673. The van der Waals surface area contributed by atoms with Gasteiger partial charge in [-0.25, -0.2) is 0 Å². The number of phenols is 1. The van der Waals surface area contributed by atoms with Crippen LogP contribution in [0.1, 0.15) is 15.9 Å². The number of rotatable bonds is 3. The highest BCUT2D eigenvalue weighted by Crippen LogP contribution is 2.23. The molecule has 0 aliphatic heterocycles. The van der Waals surface area contributed by atoms with Crippen molar-refractivity contribution in [2.75, 3.05) is 14.2 Å². The summed E-state index contributed by atoms with van der Waals surface area (Å²) in [6.45, 7) is 0. The summed E-state index contributed by atoms with van der Waals surface area (Å²) in [6.07, 6.45) is 0. The average Bonchev–Trinajstić information content (AvgIpc) is 2.54. The molecule has 0 atom stereocenters. The monoisotopic (exact) mass is 360 g/mol. The number of methoxy groups -OCH3 is 2. The van der Waals surface area contributed by atoms with Crippen LogP contribution in [0.2, 0.25) is 0 Å². The number of benzene rings is 2. The number of hydrogen-bond donors (Lipinski definition) is 1. The number of carbonyl (C=O) groups excluding carboxylic acids is 1. The number of Topliss-reactive ketones (excluding diaryl/α,β-unsaturated/α-hetero) is 1. The van der Waals surface area contributed by atoms with Crippen LogP contribution >= 0.6 is 15.9 Å². The fourth-order valence-electron chi connectivity index (χ4n) is 1.77. The highest BCUT2D eigenvalue weighted by atomic mass is 79.9. The third-order valence-corrected chi connectivity index (χ3v) is 3.37. The second-order valence-corrected chi connectivity index (χ2v) is 5.26. The molecule has 0 amide bonds. The molecule has 0 unspecified atom stereocenters. The summed E-state index contributed by atoms with van der Waals surface area (Å²) < 4.78 is 11.0. The van der Waals surface area contributed by atoms with Gasteiger partial charge in [0.25, 0.3) is 0 Å². The van der Waals surface area contributed by atoms with Crippen molar-refractivity contribution in [2.45, 2.75) is 0 Å². The zero-order valence-corrected chi connectivity index (χ0v) is 13.6. The minimum Gasteiger partial charge on any atom is -0.507 e. The molecule has 0 bridgehead atoms. The molecule has 0 aliphatic carbocycles. The van der Waals surface area contributed by atoms with Crippen LogP contribution in [-0.4, -0.2) is 25.1 Å². The normalized spacial score (nSPS) is 9.59. The van der Waals surface area contributed by atoms with Crippen LogP contribution in [0.15, 0.2) is 40.9 Å². The highest BCUT2D eigenvalue weighted by Gasteiger charge is 2.09. The Hall–Kier alpha value is -2.45. The molecule has 112 valence electrons. The van der Waals surface area contributed by atoms with Crippen molar-refractivity contribution in [3.8, 4) is 29.1 Å². The van der Waals surface area contributed by atoms with Crippen LogP contribution in [-0.2, 0) is 0 Å². The first-order valence-corrected chi connectivity index (χ1v) is 7.10. The predicted molar refractivity (Wildman–Crippen MR) is 86.6 cm³/mol. The Bertz CT molecular complexity index is 750. The van der Waals surface area contributed by atoms with Crippen LogP contribution in [0.25, 0.3) is 0 Å². The molecule has 0 heterocycles. The Labute approximate surface area is 136 Å². The van der Waals surface area contributed by atoms with Crippen LogP contribution < -0.4 is 9.47 Å². The summed E-state index contributed by atoms with van der Waals surface area (Å²) in [5.41, 5.74) is 0.732. The number of phenolic OH excluding ortho intramolecular Hbond substituents is 1. The van der Waals surface area contributed by atoms with Gasteiger partial charge in [-0.05, 0) is 36.3 Å². The molecule has 22 heavy (non-hydrogen) atoms. The minimum absolute atomic E-state index is 0.106. The summed E-state index contributed by atoms with van der Waals surface area (Å²) >= 11 is 3.25. The third kappa shape index (κ3) is 3.80. The number of ether oxygens (including phenoxy) is 2. The van der Waals surface area contributed by atoms with Gasteiger partial charge < -0.3 is 14.6 Å². The zero-order valence-electron chi connectivity index (χ0n) is 12.0. The summed E-state index contributed by atoms with van der Waals surface area (Å²) in [6, 6.07) is 9.72. The van der Waals surface area contributed by atoms with Gasteiger partial charge >= 0.3 is 0 Å². The van der Waals surface area contributed by atoms with Crippen LogP contribution in [0.4, 0.5) is 0 Å². The fraction of sp³-hybridized carbons (Fsp3) is 0.118. The van der Waals surface area contributed by atoms with Gasteiger partial charge in [0, 0.05) is 16.1 Å². The molecule has 0 saturated carbocycles. The van der Waals surface area contributed by atoms with Crippen LogP contribution in [0.3, 0.4) is 0 Å². The maximum atomic E-state index is 12.1. The van der Waals surface area contributed by atoms with E-state index in [1.54, 1.807) is 24.3 Å². The summed E-state index contributed by atoms with van der Waals surface area (Å²) in [4.78, 5) is 12.1. The molecular weight excluding hydrogens is 348 g/mol. The topological polar surface area (TPSA) is 55.8 Å². The van der Waals surface area contributed by atoms with Crippen molar-refractivity contribution in [3.05, 3.63) is 52.0 Å². The molecule has 0 saturated heterocycles. The van der Waals surface area contributed by atoms with E-state index in [1.165, 1.54) is 26.4 Å². The fourth-order valence-corrected chi connectivity index (χ4v) is 2.13. The van der Waals surface area contributed by atoms with E-state index in [4.69, 9.17) is 9.47 Å². The largest absolute Gasteiger partial charge is 0.507 e. The SMILES string of the molecule is COc1cc(C#CC(=O)c2cc(Br)ccc2O)cc(OC)c1. The Morgan fingerprint density at radius 2 is 1.73 bits per heavy atom. The Morgan fingerprint density at radius 1 is 1.09 bits per heavy atom. The molecule has 2 aromatic carbocycles. The minimum atomic E-state index is -0.472. The second kappa shape index (κ2) is 7.01. The van der Waals surface area contributed by atoms with Crippen molar-refractivity contribution in [1.29, 1.82) is 0 Å². The van der Waals surface area contributed by atoms with E-state index >= 15 is 0 Å². The lowest BCUT2D eigenvalue weighted by Gasteiger charge is -2.04. The van der Waals surface area contributed by atoms with Gasteiger partial charge in [-0.3, -0.25) is 4.79 Å². The molecule has 0 radical (unpaired) electrons. The number of carbonyl (C=O) groups is 1. The van der Waals surface area contributed by atoms with E-state index in [9.17, 15) is 9.90 Å². The number of aromatic hydroxyl groups is 1. The first kappa shape index (κ1) is 15.9. The molecular formula is C17H13BrO4. The number of halogens is 1.